The third-order valence-electron chi connectivity index (χ3n) is 4.24. The Bertz CT molecular complexity index is 712. The van der Waals surface area contributed by atoms with Crippen LogP contribution in [-0.2, 0) is 6.54 Å². The summed E-state index contributed by atoms with van der Waals surface area (Å²) in [5.41, 5.74) is 2.02. The first-order valence-corrected chi connectivity index (χ1v) is 8.79. The van der Waals surface area contributed by atoms with E-state index in [9.17, 15) is 0 Å². The van der Waals surface area contributed by atoms with Gasteiger partial charge in [0.15, 0.2) is 6.21 Å². The third-order valence-corrected chi connectivity index (χ3v) is 5.01. The van der Waals surface area contributed by atoms with Crippen molar-refractivity contribution < 1.29 is 5.41 Å². The molecule has 1 aliphatic rings. The first-order chi connectivity index (χ1) is 11.7. The molecule has 1 saturated heterocycles. The van der Waals surface area contributed by atoms with E-state index < -0.39 is 0 Å². The molecule has 0 unspecified atom stereocenters. The molecule has 2 aromatic rings. The molecule has 0 bridgehead atoms. The van der Waals surface area contributed by atoms with Gasteiger partial charge in [-0.15, -0.1) is 0 Å². The van der Waals surface area contributed by atoms with Crippen molar-refractivity contribution in [3.05, 3.63) is 46.2 Å². The molecular weight excluding hydrogens is 368 g/mol. The minimum absolute atomic E-state index is 0.668. The Hall–Kier alpha value is -1.99. The van der Waals surface area contributed by atoms with Crippen molar-refractivity contribution in [2.24, 2.45) is 0 Å². The van der Waals surface area contributed by atoms with Crippen LogP contribution in [0, 0.1) is 0 Å². The van der Waals surface area contributed by atoms with Crippen LogP contribution < -0.4 is 15.6 Å². The fourth-order valence-electron chi connectivity index (χ4n) is 2.77. The first-order valence-electron chi connectivity index (χ1n) is 7.99. The molecular formula is C17H22BrN6+. The highest BCUT2D eigenvalue weighted by Gasteiger charge is 2.21. The Morgan fingerprint density at radius 3 is 2.67 bits per heavy atom. The van der Waals surface area contributed by atoms with E-state index >= 15 is 0 Å². The summed E-state index contributed by atoms with van der Waals surface area (Å²) in [6.07, 6.45) is 3.19. The molecule has 7 heteroatoms. The highest BCUT2D eigenvalue weighted by molar-refractivity contribution is 9.10. The van der Waals surface area contributed by atoms with Crippen molar-refractivity contribution in [2.45, 2.75) is 6.54 Å². The van der Waals surface area contributed by atoms with Crippen LogP contribution in [0.15, 0.2) is 35.1 Å². The number of hydrogen-bond donors (Lipinski definition) is 2. The molecule has 2 heterocycles. The van der Waals surface area contributed by atoms with Gasteiger partial charge >= 0.3 is 0 Å². The van der Waals surface area contributed by atoms with Crippen LogP contribution >= 0.6 is 15.9 Å². The van der Waals surface area contributed by atoms with Gasteiger partial charge in [-0.25, -0.2) is 9.97 Å². The topological polar surface area (TPSA) is 69.9 Å². The van der Waals surface area contributed by atoms with Gasteiger partial charge in [0.25, 0.3) is 0 Å². The number of hydrogen-bond acceptors (Lipinski definition) is 5. The molecule has 0 aliphatic carbocycles. The number of piperazine rings is 1. The van der Waals surface area contributed by atoms with Gasteiger partial charge in [-0.1, -0.05) is 34.1 Å². The van der Waals surface area contributed by atoms with Crippen LogP contribution in [0.4, 0.5) is 11.6 Å². The van der Waals surface area contributed by atoms with Crippen LogP contribution in [0.3, 0.4) is 0 Å². The summed E-state index contributed by atoms with van der Waals surface area (Å²) in [7, 11) is 2.14. The zero-order valence-corrected chi connectivity index (χ0v) is 15.3. The van der Waals surface area contributed by atoms with Crippen molar-refractivity contribution in [1.82, 2.24) is 14.9 Å². The Kier molecular flexibility index (Phi) is 5.42. The second-order valence-corrected chi connectivity index (χ2v) is 6.72. The summed E-state index contributed by atoms with van der Waals surface area (Å²) in [5.74, 6) is 1.66. The molecule has 6 nitrogen and oxygen atoms in total. The molecule has 1 aromatic carbocycles. The lowest BCUT2D eigenvalue weighted by Crippen LogP contribution is -2.45. The molecule has 1 aromatic heterocycles. The highest BCUT2D eigenvalue weighted by Crippen LogP contribution is 2.23. The zero-order chi connectivity index (χ0) is 16.9. The summed E-state index contributed by atoms with van der Waals surface area (Å²) < 4.78 is 1.07. The Morgan fingerprint density at radius 2 is 1.96 bits per heavy atom. The number of anilines is 2. The second kappa shape index (κ2) is 7.72. The average Bonchev–Trinajstić information content (AvgIpc) is 2.61. The standard InChI is InChI=1S/C17H21BrN6/c1-23-6-8-24(9-7-23)17-14(10-19)16(21-12-22-17)20-11-13-4-2-3-5-15(13)18/h2-5,10,12,19H,6-9,11H2,1H3,(H,20,21,22)/p+1. The molecule has 3 N–H and O–H groups in total. The van der Waals surface area contributed by atoms with Crippen LogP contribution in [0.5, 0.6) is 0 Å². The molecule has 1 fully saturated rings. The van der Waals surface area contributed by atoms with E-state index in [2.05, 4.69) is 54.1 Å². The summed E-state index contributed by atoms with van der Waals surface area (Å²) in [4.78, 5) is 13.4. The van der Waals surface area contributed by atoms with Crippen LogP contribution in [-0.4, -0.2) is 54.3 Å². The van der Waals surface area contributed by atoms with Crippen molar-refractivity contribution in [1.29, 1.82) is 0 Å². The lowest BCUT2D eigenvalue weighted by atomic mass is 10.2. The van der Waals surface area contributed by atoms with E-state index in [4.69, 9.17) is 5.41 Å². The number of aromatic nitrogens is 2. The van der Waals surface area contributed by atoms with Gasteiger partial charge < -0.3 is 15.1 Å². The predicted molar refractivity (Wildman–Crippen MR) is 100 cm³/mol. The Morgan fingerprint density at radius 1 is 1.21 bits per heavy atom. The summed E-state index contributed by atoms with van der Waals surface area (Å²) in [5, 5.41) is 9.27. The van der Waals surface area contributed by atoms with E-state index in [1.165, 1.54) is 5.56 Å². The number of likely N-dealkylation sites (N-methyl/N-ethyl adjacent to an activating group) is 1. The smallest absolute Gasteiger partial charge is 0.174 e. The molecule has 126 valence electrons. The van der Waals surface area contributed by atoms with Crippen LogP contribution in [0.1, 0.15) is 11.1 Å². The van der Waals surface area contributed by atoms with Gasteiger partial charge in [-0.05, 0) is 18.7 Å². The van der Waals surface area contributed by atoms with Gasteiger partial charge in [-0.2, -0.15) is 0 Å². The van der Waals surface area contributed by atoms with Gasteiger partial charge in [0.2, 0.25) is 0 Å². The lowest BCUT2D eigenvalue weighted by molar-refractivity contribution is -0.104. The number of benzene rings is 1. The number of nitrogens with two attached hydrogens (primary N) is 1. The average molecular weight is 390 g/mol. The fourth-order valence-corrected chi connectivity index (χ4v) is 3.20. The van der Waals surface area contributed by atoms with Crippen molar-refractivity contribution >= 4 is 33.8 Å². The maximum absolute atomic E-state index is 5.89. The predicted octanol–water partition coefficient (Wildman–Crippen LogP) is 0.781. The van der Waals surface area contributed by atoms with Crippen molar-refractivity contribution in [3.63, 3.8) is 0 Å². The number of nitrogens with one attached hydrogen (secondary N) is 1. The fraction of sp³-hybridized carbons (Fsp3) is 0.353. The zero-order valence-electron chi connectivity index (χ0n) is 13.7. The quantitative estimate of drug-likeness (QED) is 0.739. The molecule has 0 radical (unpaired) electrons. The molecule has 3 rings (SSSR count). The van der Waals surface area contributed by atoms with E-state index in [1.54, 1.807) is 12.5 Å². The van der Waals surface area contributed by atoms with E-state index in [-0.39, 0.29) is 0 Å². The molecule has 0 spiro atoms. The molecule has 0 amide bonds. The highest BCUT2D eigenvalue weighted by atomic mass is 79.9. The van der Waals surface area contributed by atoms with E-state index in [1.807, 2.05) is 18.2 Å². The van der Waals surface area contributed by atoms with Gasteiger partial charge in [0.05, 0.1) is 0 Å². The third kappa shape index (κ3) is 3.73. The summed E-state index contributed by atoms with van der Waals surface area (Å²) >= 11 is 3.57. The molecule has 0 saturated carbocycles. The van der Waals surface area contributed by atoms with E-state index in [0.29, 0.717) is 6.54 Å². The van der Waals surface area contributed by atoms with Crippen molar-refractivity contribution in [2.75, 3.05) is 43.4 Å². The van der Waals surface area contributed by atoms with Gasteiger partial charge in [-0.3, -0.25) is 5.41 Å². The molecule has 24 heavy (non-hydrogen) atoms. The Balaban J connectivity index is 1.80. The number of nitrogens with zero attached hydrogens (tertiary/aromatic N) is 4. The Labute approximate surface area is 150 Å². The first kappa shape index (κ1) is 16.9. The monoisotopic (exact) mass is 389 g/mol. The second-order valence-electron chi connectivity index (χ2n) is 5.86. The largest absolute Gasteiger partial charge is 0.365 e. The van der Waals surface area contributed by atoms with Crippen LogP contribution in [0.2, 0.25) is 0 Å². The maximum atomic E-state index is 5.89. The minimum Gasteiger partial charge on any atom is -0.365 e. The summed E-state index contributed by atoms with van der Waals surface area (Å²) in [6.45, 7) is 4.60. The number of halogens is 1. The summed E-state index contributed by atoms with van der Waals surface area (Å²) in [6, 6.07) is 8.13. The van der Waals surface area contributed by atoms with Crippen LogP contribution in [0.25, 0.3) is 0 Å². The normalized spacial score (nSPS) is 15.3. The number of rotatable bonds is 5. The molecule has 1 aliphatic heterocycles. The van der Waals surface area contributed by atoms with Gasteiger partial charge in [0.1, 0.15) is 23.5 Å². The van der Waals surface area contributed by atoms with Crippen molar-refractivity contribution in [3.8, 4) is 0 Å². The maximum Gasteiger partial charge on any atom is 0.174 e. The molecule has 0 atom stereocenters. The SMILES string of the molecule is CN1CCN(c2ncnc(NCc3ccccc3Br)c2C=[NH2+])CC1. The van der Waals surface area contributed by atoms with Gasteiger partial charge in [0, 0.05) is 37.2 Å². The minimum atomic E-state index is 0.668. The lowest BCUT2D eigenvalue weighted by Gasteiger charge is -2.33. The van der Waals surface area contributed by atoms with E-state index in [0.717, 1.165) is 47.9 Å².